The van der Waals surface area contributed by atoms with Crippen molar-refractivity contribution in [3.63, 3.8) is 0 Å². The number of aryl methyl sites for hydroxylation is 1. The van der Waals surface area contributed by atoms with Crippen molar-refractivity contribution in [2.45, 2.75) is 64.7 Å². The highest BCUT2D eigenvalue weighted by atomic mass is 35.5. The van der Waals surface area contributed by atoms with E-state index >= 15 is 0 Å². The van der Waals surface area contributed by atoms with E-state index in [0.717, 1.165) is 12.0 Å². The number of carbonyl (C=O) groups excluding carboxylic acids is 1. The Morgan fingerprint density at radius 3 is 2.00 bits per heavy atom. The summed E-state index contributed by atoms with van der Waals surface area (Å²) in [5.41, 5.74) is 2.55. The van der Waals surface area contributed by atoms with Gasteiger partial charge in [0.15, 0.2) is 5.82 Å². The van der Waals surface area contributed by atoms with E-state index in [1.54, 1.807) is 12.1 Å². The Bertz CT molecular complexity index is 638. The number of aromatic nitrogens is 2. The lowest BCUT2D eigenvalue weighted by molar-refractivity contribution is 0.108. The fraction of sp³-hybridized carbons (Fsp3) is 0.476. The molecule has 1 heterocycles. The van der Waals surface area contributed by atoms with Crippen molar-refractivity contribution in [3.05, 3.63) is 47.8 Å². The summed E-state index contributed by atoms with van der Waals surface area (Å²) in [6, 6.07) is 7.04. The molecule has 2 aromatic rings. The summed E-state index contributed by atoms with van der Waals surface area (Å²) < 4.78 is 0. The molecule has 4 heteroatoms. The van der Waals surface area contributed by atoms with Crippen LogP contribution in [0.5, 0.6) is 0 Å². The third-order valence-corrected chi connectivity index (χ3v) is 4.61. The molecule has 0 aliphatic rings. The Labute approximate surface area is 155 Å². The molecule has 0 atom stereocenters. The zero-order chi connectivity index (χ0) is 17.9. The van der Waals surface area contributed by atoms with Crippen LogP contribution in [0.1, 0.15) is 74.2 Å². The molecule has 0 amide bonds. The van der Waals surface area contributed by atoms with E-state index in [4.69, 9.17) is 11.6 Å². The summed E-state index contributed by atoms with van der Waals surface area (Å²) in [5, 5.41) is -0.451. The minimum absolute atomic E-state index is 0.451. The second-order valence-corrected chi connectivity index (χ2v) is 6.83. The number of nitrogens with zero attached hydrogens (tertiary/aromatic N) is 2. The van der Waals surface area contributed by atoms with Gasteiger partial charge in [0, 0.05) is 23.5 Å². The van der Waals surface area contributed by atoms with Gasteiger partial charge in [0.2, 0.25) is 0 Å². The maximum absolute atomic E-state index is 11.1. The normalized spacial score (nSPS) is 10.8. The van der Waals surface area contributed by atoms with Gasteiger partial charge in [-0.1, -0.05) is 64.0 Å². The van der Waals surface area contributed by atoms with Crippen LogP contribution in [0.2, 0.25) is 0 Å². The van der Waals surface area contributed by atoms with Crippen LogP contribution in [-0.4, -0.2) is 15.2 Å². The van der Waals surface area contributed by atoms with Crippen molar-refractivity contribution >= 4 is 16.8 Å². The van der Waals surface area contributed by atoms with Crippen molar-refractivity contribution in [2.24, 2.45) is 0 Å². The summed E-state index contributed by atoms with van der Waals surface area (Å²) in [6.45, 7) is 2.25. The van der Waals surface area contributed by atoms with Crippen molar-refractivity contribution in [1.29, 1.82) is 0 Å². The molecule has 2 rings (SSSR count). The minimum Gasteiger partial charge on any atom is -0.276 e. The van der Waals surface area contributed by atoms with Gasteiger partial charge in [-0.3, -0.25) is 4.79 Å². The monoisotopic (exact) mass is 358 g/mol. The molecule has 0 saturated carbocycles. The van der Waals surface area contributed by atoms with Crippen LogP contribution < -0.4 is 0 Å². The zero-order valence-electron chi connectivity index (χ0n) is 15.0. The van der Waals surface area contributed by atoms with Crippen LogP contribution >= 0.6 is 11.6 Å². The number of hydrogen-bond acceptors (Lipinski definition) is 3. The van der Waals surface area contributed by atoms with Crippen LogP contribution in [0.25, 0.3) is 11.4 Å². The molecule has 0 spiro atoms. The maximum Gasteiger partial charge on any atom is 0.252 e. The highest BCUT2D eigenvalue weighted by Crippen LogP contribution is 2.17. The number of rotatable bonds is 11. The molecule has 0 fully saturated rings. The predicted molar refractivity (Wildman–Crippen MR) is 104 cm³/mol. The lowest BCUT2D eigenvalue weighted by Crippen LogP contribution is -1.94. The largest absolute Gasteiger partial charge is 0.276 e. The first-order chi connectivity index (χ1) is 12.2. The highest BCUT2D eigenvalue weighted by Gasteiger charge is 2.05. The van der Waals surface area contributed by atoms with Crippen molar-refractivity contribution in [2.75, 3.05) is 0 Å². The van der Waals surface area contributed by atoms with Crippen LogP contribution in [0, 0.1) is 0 Å². The molecule has 0 N–H and O–H groups in total. The molecule has 0 bridgehead atoms. The number of halogens is 1. The Kier molecular flexibility index (Phi) is 8.61. The molecule has 0 aliphatic carbocycles. The number of benzene rings is 1. The van der Waals surface area contributed by atoms with Crippen LogP contribution in [0.15, 0.2) is 36.7 Å². The quantitative estimate of drug-likeness (QED) is 0.354. The van der Waals surface area contributed by atoms with E-state index in [-0.39, 0.29) is 0 Å². The summed E-state index contributed by atoms with van der Waals surface area (Å²) >= 11 is 5.45. The van der Waals surface area contributed by atoms with Gasteiger partial charge in [-0.25, -0.2) is 9.97 Å². The third kappa shape index (κ3) is 6.95. The molecule has 0 saturated heterocycles. The van der Waals surface area contributed by atoms with E-state index in [0.29, 0.717) is 11.4 Å². The van der Waals surface area contributed by atoms with E-state index in [1.807, 2.05) is 24.5 Å². The molecule has 25 heavy (non-hydrogen) atoms. The average Bonchev–Trinajstić information content (AvgIpc) is 2.64. The van der Waals surface area contributed by atoms with Gasteiger partial charge in [-0.15, -0.1) is 0 Å². The average molecular weight is 359 g/mol. The van der Waals surface area contributed by atoms with Crippen LogP contribution in [-0.2, 0) is 6.42 Å². The molecular weight excluding hydrogens is 332 g/mol. The summed E-state index contributed by atoms with van der Waals surface area (Å²) in [7, 11) is 0. The molecule has 1 aromatic carbocycles. The SMILES string of the molecule is CCCCCCCCCCc1cnc(-c2ccc(C(=O)Cl)cc2)nc1. The van der Waals surface area contributed by atoms with Crippen molar-refractivity contribution in [1.82, 2.24) is 9.97 Å². The maximum atomic E-state index is 11.1. The van der Waals surface area contributed by atoms with Gasteiger partial charge < -0.3 is 0 Å². The Morgan fingerprint density at radius 2 is 1.44 bits per heavy atom. The van der Waals surface area contributed by atoms with Gasteiger partial charge in [0.1, 0.15) is 0 Å². The smallest absolute Gasteiger partial charge is 0.252 e. The van der Waals surface area contributed by atoms with Gasteiger partial charge >= 0.3 is 0 Å². The van der Waals surface area contributed by atoms with Gasteiger partial charge in [0.25, 0.3) is 5.24 Å². The lowest BCUT2D eigenvalue weighted by Gasteiger charge is -2.04. The fourth-order valence-electron chi connectivity index (χ4n) is 2.85. The minimum atomic E-state index is -0.451. The number of unbranched alkanes of at least 4 members (excludes halogenated alkanes) is 7. The summed E-state index contributed by atoms with van der Waals surface area (Å²) in [4.78, 5) is 20.0. The molecule has 3 nitrogen and oxygen atoms in total. The molecule has 1 aromatic heterocycles. The molecule has 0 aliphatic heterocycles. The third-order valence-electron chi connectivity index (χ3n) is 4.39. The Hall–Kier alpha value is -1.74. The van der Waals surface area contributed by atoms with Gasteiger partial charge in [0.05, 0.1) is 0 Å². The van der Waals surface area contributed by atoms with E-state index in [1.165, 1.54) is 56.9 Å². The van der Waals surface area contributed by atoms with Crippen LogP contribution in [0.3, 0.4) is 0 Å². The summed E-state index contributed by atoms with van der Waals surface area (Å²) in [6.07, 6.45) is 15.4. The molecule has 134 valence electrons. The topological polar surface area (TPSA) is 42.9 Å². The first kappa shape index (κ1) is 19.6. The van der Waals surface area contributed by atoms with Gasteiger partial charge in [-0.2, -0.15) is 0 Å². The number of carbonyl (C=O) groups is 1. The highest BCUT2D eigenvalue weighted by molar-refractivity contribution is 6.67. The second-order valence-electron chi connectivity index (χ2n) is 6.49. The first-order valence-electron chi connectivity index (χ1n) is 9.32. The fourth-order valence-corrected chi connectivity index (χ4v) is 2.97. The van der Waals surface area contributed by atoms with Gasteiger partial charge in [-0.05, 0) is 42.1 Å². The second kappa shape index (κ2) is 11.0. The Balaban J connectivity index is 1.73. The van der Waals surface area contributed by atoms with E-state index in [2.05, 4.69) is 16.9 Å². The van der Waals surface area contributed by atoms with Crippen molar-refractivity contribution < 1.29 is 4.79 Å². The van der Waals surface area contributed by atoms with E-state index < -0.39 is 5.24 Å². The molecule has 0 radical (unpaired) electrons. The summed E-state index contributed by atoms with van der Waals surface area (Å²) in [5.74, 6) is 0.674. The number of hydrogen-bond donors (Lipinski definition) is 0. The van der Waals surface area contributed by atoms with E-state index in [9.17, 15) is 4.79 Å². The predicted octanol–water partition coefficient (Wildman–Crippen LogP) is 6.21. The molecular formula is C21H27ClN2O. The standard InChI is InChI=1S/C21H27ClN2O/c1-2-3-4-5-6-7-8-9-10-17-15-23-21(24-16-17)19-13-11-18(12-14-19)20(22)25/h11-16H,2-10H2,1H3. The van der Waals surface area contributed by atoms with Crippen molar-refractivity contribution in [3.8, 4) is 11.4 Å². The molecule has 0 unspecified atom stereocenters. The zero-order valence-corrected chi connectivity index (χ0v) is 15.8. The van der Waals surface area contributed by atoms with Crippen LogP contribution in [0.4, 0.5) is 0 Å². The first-order valence-corrected chi connectivity index (χ1v) is 9.69. The lowest BCUT2D eigenvalue weighted by atomic mass is 10.1. The Morgan fingerprint density at radius 1 is 0.880 bits per heavy atom.